The molecule has 0 saturated carbocycles. The van der Waals surface area contributed by atoms with Crippen LogP contribution in [0, 0.1) is 12.7 Å². The lowest BCUT2D eigenvalue weighted by Crippen LogP contribution is -2.23. The van der Waals surface area contributed by atoms with Gasteiger partial charge in [-0.05, 0) is 52.7 Å². The van der Waals surface area contributed by atoms with Crippen LogP contribution in [-0.4, -0.2) is 10.9 Å². The minimum absolute atomic E-state index is 0.278. The van der Waals surface area contributed by atoms with Gasteiger partial charge < -0.3 is 5.32 Å². The first-order chi connectivity index (χ1) is 9.06. The molecule has 3 nitrogen and oxygen atoms in total. The molecule has 0 bridgehead atoms. The molecule has 1 N–H and O–H groups in total. The van der Waals surface area contributed by atoms with Gasteiger partial charge in [0.1, 0.15) is 5.82 Å². The summed E-state index contributed by atoms with van der Waals surface area (Å²) in [6.45, 7) is 2.25. The van der Waals surface area contributed by atoms with Crippen molar-refractivity contribution in [1.29, 1.82) is 0 Å². The predicted molar refractivity (Wildman–Crippen MR) is 74.2 cm³/mol. The minimum Gasteiger partial charge on any atom is -0.348 e. The van der Waals surface area contributed by atoms with Crippen LogP contribution < -0.4 is 5.32 Å². The van der Waals surface area contributed by atoms with Gasteiger partial charge in [0.05, 0.1) is 5.56 Å². The number of carbonyl (C=O) groups is 1. The molecule has 0 spiro atoms. The quantitative estimate of drug-likeness (QED) is 0.942. The lowest BCUT2D eigenvalue weighted by Gasteiger charge is -2.07. The summed E-state index contributed by atoms with van der Waals surface area (Å²) >= 11 is 3.23. The Balaban J connectivity index is 2.05. The highest BCUT2D eigenvalue weighted by Gasteiger charge is 2.10. The Hall–Kier alpha value is -1.75. The largest absolute Gasteiger partial charge is 0.348 e. The number of nitrogens with one attached hydrogen (secondary N) is 1. The number of amides is 1. The van der Waals surface area contributed by atoms with Gasteiger partial charge >= 0.3 is 0 Å². The second-order valence-corrected chi connectivity index (χ2v) is 4.97. The first-order valence-corrected chi connectivity index (χ1v) is 6.50. The molecule has 2 aromatic rings. The molecule has 5 heteroatoms. The van der Waals surface area contributed by atoms with Crippen molar-refractivity contribution in [3.63, 3.8) is 0 Å². The Morgan fingerprint density at radius 1 is 1.37 bits per heavy atom. The molecule has 0 unspecified atom stereocenters. The van der Waals surface area contributed by atoms with Crippen LogP contribution in [0.3, 0.4) is 0 Å². The van der Waals surface area contributed by atoms with E-state index in [1.54, 1.807) is 6.20 Å². The fraction of sp³-hybridized carbons (Fsp3) is 0.143. The fourth-order valence-electron chi connectivity index (χ4n) is 1.55. The first-order valence-electron chi connectivity index (χ1n) is 5.71. The Morgan fingerprint density at radius 3 is 2.84 bits per heavy atom. The number of carbonyl (C=O) groups excluding carboxylic acids is 1. The highest BCUT2D eigenvalue weighted by atomic mass is 79.9. The van der Waals surface area contributed by atoms with E-state index in [-0.39, 0.29) is 11.5 Å². The van der Waals surface area contributed by atoms with Gasteiger partial charge in [0, 0.05) is 22.9 Å². The van der Waals surface area contributed by atoms with E-state index < -0.39 is 5.82 Å². The summed E-state index contributed by atoms with van der Waals surface area (Å²) in [5, 5.41) is 2.73. The summed E-state index contributed by atoms with van der Waals surface area (Å²) in [7, 11) is 0. The number of aryl methyl sites for hydroxylation is 1. The van der Waals surface area contributed by atoms with Crippen LogP contribution in [0.1, 0.15) is 21.6 Å². The smallest absolute Gasteiger partial charge is 0.252 e. The third-order valence-electron chi connectivity index (χ3n) is 2.60. The lowest BCUT2D eigenvalue weighted by molar-refractivity contribution is 0.0949. The maximum Gasteiger partial charge on any atom is 0.252 e. The third kappa shape index (κ3) is 3.61. The average molecular weight is 323 g/mol. The molecule has 1 aromatic heterocycles. The van der Waals surface area contributed by atoms with E-state index >= 15 is 0 Å². The number of hydrogen-bond donors (Lipinski definition) is 1. The van der Waals surface area contributed by atoms with Crippen LogP contribution in [0.4, 0.5) is 4.39 Å². The van der Waals surface area contributed by atoms with Crippen LogP contribution in [0.15, 0.2) is 41.0 Å². The van der Waals surface area contributed by atoms with Crippen molar-refractivity contribution in [2.45, 2.75) is 13.5 Å². The molecule has 1 heterocycles. The van der Waals surface area contributed by atoms with Gasteiger partial charge in [-0.1, -0.05) is 6.07 Å². The van der Waals surface area contributed by atoms with Crippen molar-refractivity contribution in [1.82, 2.24) is 10.3 Å². The van der Waals surface area contributed by atoms with E-state index in [2.05, 4.69) is 26.2 Å². The zero-order chi connectivity index (χ0) is 13.8. The summed E-state index contributed by atoms with van der Waals surface area (Å²) in [5.74, 6) is -0.766. The van der Waals surface area contributed by atoms with Gasteiger partial charge in [-0.3, -0.25) is 9.78 Å². The molecule has 1 amide bonds. The molecule has 0 saturated heterocycles. The Kier molecular flexibility index (Phi) is 4.27. The molecule has 0 fully saturated rings. The summed E-state index contributed by atoms with van der Waals surface area (Å²) in [6.07, 6.45) is 1.70. The maximum absolute atomic E-state index is 13.1. The van der Waals surface area contributed by atoms with Crippen molar-refractivity contribution < 1.29 is 9.18 Å². The number of aromatic nitrogens is 1. The van der Waals surface area contributed by atoms with Crippen LogP contribution in [0.5, 0.6) is 0 Å². The molecule has 1 aromatic carbocycles. The molecular weight excluding hydrogens is 311 g/mol. The molecule has 2 rings (SSSR count). The minimum atomic E-state index is -0.439. The standard InChI is InChI=1S/C14H12BrFN2O/c1-9-2-3-10(7-17-9)8-18-14(19)12-6-11(16)4-5-13(12)15/h2-7H,8H2,1H3,(H,18,19). The van der Waals surface area contributed by atoms with Gasteiger partial charge in [0.25, 0.3) is 5.91 Å². The Morgan fingerprint density at radius 2 is 2.16 bits per heavy atom. The van der Waals surface area contributed by atoms with E-state index in [1.165, 1.54) is 18.2 Å². The molecule has 19 heavy (non-hydrogen) atoms. The van der Waals surface area contributed by atoms with Crippen LogP contribution in [0.2, 0.25) is 0 Å². The normalized spacial score (nSPS) is 10.3. The first kappa shape index (κ1) is 13.7. The summed E-state index contributed by atoms with van der Waals surface area (Å²) < 4.78 is 13.7. The highest BCUT2D eigenvalue weighted by Crippen LogP contribution is 2.17. The van der Waals surface area contributed by atoms with Crippen molar-refractivity contribution in [2.24, 2.45) is 0 Å². The summed E-state index contributed by atoms with van der Waals surface area (Å²) in [6, 6.07) is 7.78. The fourth-order valence-corrected chi connectivity index (χ4v) is 1.98. The number of halogens is 2. The summed E-state index contributed by atoms with van der Waals surface area (Å²) in [4.78, 5) is 16.1. The predicted octanol–water partition coefficient (Wildman–Crippen LogP) is 3.22. The van der Waals surface area contributed by atoms with Crippen LogP contribution in [-0.2, 0) is 6.54 Å². The SMILES string of the molecule is Cc1ccc(CNC(=O)c2cc(F)ccc2Br)cn1. The molecule has 0 aliphatic heterocycles. The molecule has 0 radical (unpaired) electrons. The third-order valence-corrected chi connectivity index (χ3v) is 3.29. The second-order valence-electron chi connectivity index (χ2n) is 4.11. The number of nitrogens with zero attached hydrogens (tertiary/aromatic N) is 1. The number of hydrogen-bond acceptors (Lipinski definition) is 2. The van der Waals surface area contributed by atoms with Gasteiger partial charge in [0.2, 0.25) is 0 Å². The number of pyridine rings is 1. The number of benzene rings is 1. The zero-order valence-corrected chi connectivity index (χ0v) is 11.9. The summed E-state index contributed by atoms with van der Waals surface area (Å²) in [5.41, 5.74) is 2.09. The zero-order valence-electron chi connectivity index (χ0n) is 10.3. The van der Waals surface area contributed by atoms with Gasteiger partial charge in [0.15, 0.2) is 0 Å². The molecule has 0 aliphatic carbocycles. The topological polar surface area (TPSA) is 42.0 Å². The van der Waals surface area contributed by atoms with E-state index in [0.717, 1.165) is 11.3 Å². The molecule has 98 valence electrons. The van der Waals surface area contributed by atoms with E-state index in [4.69, 9.17) is 0 Å². The molecule has 0 atom stereocenters. The monoisotopic (exact) mass is 322 g/mol. The lowest BCUT2D eigenvalue weighted by atomic mass is 10.2. The van der Waals surface area contributed by atoms with Gasteiger partial charge in [-0.2, -0.15) is 0 Å². The van der Waals surface area contributed by atoms with Crippen molar-refractivity contribution in [3.05, 3.63) is 63.6 Å². The van der Waals surface area contributed by atoms with E-state index in [0.29, 0.717) is 11.0 Å². The van der Waals surface area contributed by atoms with Crippen molar-refractivity contribution in [2.75, 3.05) is 0 Å². The Bertz CT molecular complexity index is 599. The average Bonchev–Trinajstić information content (AvgIpc) is 2.40. The maximum atomic E-state index is 13.1. The van der Waals surface area contributed by atoms with E-state index in [1.807, 2.05) is 19.1 Å². The van der Waals surface area contributed by atoms with Crippen molar-refractivity contribution >= 4 is 21.8 Å². The number of rotatable bonds is 3. The van der Waals surface area contributed by atoms with E-state index in [9.17, 15) is 9.18 Å². The van der Waals surface area contributed by atoms with Gasteiger partial charge in [-0.15, -0.1) is 0 Å². The van der Waals surface area contributed by atoms with Crippen LogP contribution >= 0.6 is 15.9 Å². The molecule has 0 aliphatic rings. The molecular formula is C14H12BrFN2O. The highest BCUT2D eigenvalue weighted by molar-refractivity contribution is 9.10. The Labute approximate surface area is 119 Å². The van der Waals surface area contributed by atoms with Crippen molar-refractivity contribution in [3.8, 4) is 0 Å². The second kappa shape index (κ2) is 5.93. The van der Waals surface area contributed by atoms with Crippen LogP contribution in [0.25, 0.3) is 0 Å². The van der Waals surface area contributed by atoms with Gasteiger partial charge in [-0.25, -0.2) is 4.39 Å².